The van der Waals surface area contributed by atoms with Crippen molar-refractivity contribution in [3.8, 4) is 11.3 Å². The molecular formula is C19H19ClF3N5. The highest BCUT2D eigenvalue weighted by Crippen LogP contribution is 2.32. The smallest absolute Gasteiger partial charge is 0.348 e. The zero-order valence-electron chi connectivity index (χ0n) is 15.5. The lowest BCUT2D eigenvalue weighted by atomic mass is 10.1. The second-order valence-corrected chi connectivity index (χ2v) is 6.79. The van der Waals surface area contributed by atoms with Crippen LogP contribution in [-0.2, 0) is 12.7 Å². The van der Waals surface area contributed by atoms with Gasteiger partial charge in [0.05, 0.1) is 17.4 Å². The van der Waals surface area contributed by atoms with E-state index in [4.69, 9.17) is 11.6 Å². The summed E-state index contributed by atoms with van der Waals surface area (Å²) in [6.07, 6.45) is -2.73. The number of aryl methyl sites for hydroxylation is 2. The number of anilines is 1. The number of alkyl halides is 3. The fraction of sp³-hybridized carbons (Fsp3) is 0.316. The Bertz CT molecular complexity index is 967. The molecule has 0 aliphatic rings. The van der Waals surface area contributed by atoms with Crippen molar-refractivity contribution in [2.75, 3.05) is 5.32 Å². The summed E-state index contributed by atoms with van der Waals surface area (Å²) in [5.41, 5.74) is 1.34. The molecule has 0 radical (unpaired) electrons. The Morgan fingerprint density at radius 2 is 1.86 bits per heavy atom. The van der Waals surface area contributed by atoms with E-state index in [0.29, 0.717) is 17.1 Å². The number of nitrogens with zero attached hydrogens (tertiary/aromatic N) is 4. The minimum absolute atomic E-state index is 0.101. The van der Waals surface area contributed by atoms with E-state index in [-0.39, 0.29) is 17.7 Å². The van der Waals surface area contributed by atoms with E-state index in [1.807, 2.05) is 27.0 Å². The van der Waals surface area contributed by atoms with Gasteiger partial charge >= 0.3 is 6.18 Å². The van der Waals surface area contributed by atoms with Crippen LogP contribution in [0.3, 0.4) is 0 Å². The molecule has 3 rings (SSSR count). The maximum absolute atomic E-state index is 13.3. The van der Waals surface area contributed by atoms with Gasteiger partial charge in [-0.2, -0.15) is 18.3 Å². The standard InChI is InChI=1S/C19H19ClF3N5/c1-4-28-10-15(12(3)27-28)11(2)24-18-25-16(9-17(26-18)19(21,22)23)13-5-7-14(20)8-6-13/h5-11H,4H2,1-3H3,(H,24,25,26)/t11-/m1/s1. The monoisotopic (exact) mass is 409 g/mol. The molecule has 0 aliphatic heterocycles. The predicted molar refractivity (Wildman–Crippen MR) is 102 cm³/mol. The van der Waals surface area contributed by atoms with E-state index in [9.17, 15) is 13.2 Å². The first kappa shape index (κ1) is 20.1. The van der Waals surface area contributed by atoms with Crippen molar-refractivity contribution in [3.05, 3.63) is 58.5 Å². The number of halogens is 4. The first-order chi connectivity index (χ1) is 13.2. The average Bonchev–Trinajstić information content (AvgIpc) is 3.02. The SMILES string of the molecule is CCn1cc([C@@H](C)Nc2nc(-c3ccc(Cl)cc3)cc(C(F)(F)F)n2)c(C)n1. The molecule has 0 unspecified atom stereocenters. The summed E-state index contributed by atoms with van der Waals surface area (Å²) in [5, 5.41) is 7.82. The van der Waals surface area contributed by atoms with Crippen LogP contribution in [0.2, 0.25) is 5.02 Å². The lowest BCUT2D eigenvalue weighted by Gasteiger charge is -2.16. The Hall–Kier alpha value is -2.61. The molecule has 9 heteroatoms. The zero-order chi connectivity index (χ0) is 20.5. The lowest BCUT2D eigenvalue weighted by molar-refractivity contribution is -0.141. The summed E-state index contributed by atoms with van der Waals surface area (Å²) >= 11 is 5.87. The van der Waals surface area contributed by atoms with Gasteiger partial charge in [-0.25, -0.2) is 9.97 Å². The molecule has 3 aromatic rings. The van der Waals surface area contributed by atoms with Gasteiger partial charge in [-0.1, -0.05) is 23.7 Å². The van der Waals surface area contributed by atoms with Crippen molar-refractivity contribution in [1.29, 1.82) is 0 Å². The number of nitrogens with one attached hydrogen (secondary N) is 1. The molecule has 0 bridgehead atoms. The molecule has 0 saturated carbocycles. The third kappa shape index (κ3) is 4.44. The topological polar surface area (TPSA) is 55.6 Å². The molecule has 1 aromatic carbocycles. The third-order valence-corrected chi connectivity index (χ3v) is 4.53. The quantitative estimate of drug-likeness (QED) is 0.603. The fourth-order valence-electron chi connectivity index (χ4n) is 2.82. The number of aromatic nitrogens is 4. The zero-order valence-corrected chi connectivity index (χ0v) is 16.3. The Morgan fingerprint density at radius 1 is 1.18 bits per heavy atom. The summed E-state index contributed by atoms with van der Waals surface area (Å²) in [7, 11) is 0. The van der Waals surface area contributed by atoms with E-state index in [0.717, 1.165) is 17.3 Å². The molecule has 0 saturated heterocycles. The van der Waals surface area contributed by atoms with Gasteiger partial charge in [-0.05, 0) is 39.0 Å². The van der Waals surface area contributed by atoms with Crippen LogP contribution in [-0.4, -0.2) is 19.7 Å². The molecule has 28 heavy (non-hydrogen) atoms. The molecule has 0 fully saturated rings. The number of hydrogen-bond acceptors (Lipinski definition) is 4. The Labute approximate surface area is 165 Å². The van der Waals surface area contributed by atoms with Gasteiger partial charge in [0.1, 0.15) is 0 Å². The van der Waals surface area contributed by atoms with E-state index < -0.39 is 11.9 Å². The third-order valence-electron chi connectivity index (χ3n) is 4.28. The Kier molecular flexibility index (Phi) is 5.60. The fourth-order valence-corrected chi connectivity index (χ4v) is 2.94. The molecule has 1 N–H and O–H groups in total. The molecule has 0 spiro atoms. The molecule has 5 nitrogen and oxygen atoms in total. The molecule has 0 aliphatic carbocycles. The highest BCUT2D eigenvalue weighted by atomic mass is 35.5. The van der Waals surface area contributed by atoms with Crippen LogP contribution >= 0.6 is 11.6 Å². The van der Waals surface area contributed by atoms with Crippen LogP contribution in [0.25, 0.3) is 11.3 Å². The summed E-state index contributed by atoms with van der Waals surface area (Å²) in [6.45, 7) is 6.35. The minimum atomic E-state index is -4.59. The van der Waals surface area contributed by atoms with Crippen LogP contribution in [0.1, 0.15) is 36.8 Å². The molecule has 2 aromatic heterocycles. The summed E-state index contributed by atoms with van der Waals surface area (Å²) in [5.74, 6) is -0.101. The highest BCUT2D eigenvalue weighted by Gasteiger charge is 2.34. The maximum atomic E-state index is 13.3. The normalized spacial score (nSPS) is 12.8. The molecule has 1 atom stereocenters. The van der Waals surface area contributed by atoms with Crippen LogP contribution < -0.4 is 5.32 Å². The number of benzene rings is 1. The lowest BCUT2D eigenvalue weighted by Crippen LogP contribution is -2.15. The van der Waals surface area contributed by atoms with Gasteiger partial charge in [-0.15, -0.1) is 0 Å². The van der Waals surface area contributed by atoms with Crippen LogP contribution in [0.5, 0.6) is 0 Å². The van der Waals surface area contributed by atoms with Crippen LogP contribution in [0.4, 0.5) is 19.1 Å². The number of rotatable bonds is 5. The first-order valence-corrected chi connectivity index (χ1v) is 9.08. The van der Waals surface area contributed by atoms with Crippen molar-refractivity contribution < 1.29 is 13.2 Å². The number of hydrogen-bond donors (Lipinski definition) is 1. The predicted octanol–water partition coefficient (Wildman–Crippen LogP) is 5.51. The molecule has 0 amide bonds. The molecule has 148 valence electrons. The van der Waals surface area contributed by atoms with Crippen molar-refractivity contribution in [2.24, 2.45) is 0 Å². The van der Waals surface area contributed by atoms with Crippen molar-refractivity contribution in [2.45, 2.75) is 39.5 Å². The van der Waals surface area contributed by atoms with Gasteiger partial charge in [0.25, 0.3) is 0 Å². The average molecular weight is 410 g/mol. The summed E-state index contributed by atoms with van der Waals surface area (Å²) < 4.78 is 41.8. The Balaban J connectivity index is 1.98. The maximum Gasteiger partial charge on any atom is 0.433 e. The van der Waals surface area contributed by atoms with Gasteiger partial charge < -0.3 is 5.32 Å². The van der Waals surface area contributed by atoms with Crippen LogP contribution in [0, 0.1) is 6.92 Å². The molecule has 2 heterocycles. The van der Waals surface area contributed by atoms with Gasteiger partial charge in [0.2, 0.25) is 5.95 Å². The van der Waals surface area contributed by atoms with E-state index in [1.165, 1.54) is 0 Å². The van der Waals surface area contributed by atoms with Crippen LogP contribution in [0.15, 0.2) is 36.5 Å². The first-order valence-electron chi connectivity index (χ1n) is 8.70. The minimum Gasteiger partial charge on any atom is -0.348 e. The summed E-state index contributed by atoms with van der Waals surface area (Å²) in [6, 6.07) is 7.05. The summed E-state index contributed by atoms with van der Waals surface area (Å²) in [4.78, 5) is 7.95. The van der Waals surface area contributed by atoms with Gasteiger partial charge in [0.15, 0.2) is 5.69 Å². The largest absolute Gasteiger partial charge is 0.433 e. The van der Waals surface area contributed by atoms with Crippen molar-refractivity contribution >= 4 is 17.5 Å². The highest BCUT2D eigenvalue weighted by molar-refractivity contribution is 6.30. The van der Waals surface area contributed by atoms with E-state index >= 15 is 0 Å². The molecular weight excluding hydrogens is 391 g/mol. The van der Waals surface area contributed by atoms with Crippen molar-refractivity contribution in [3.63, 3.8) is 0 Å². The van der Waals surface area contributed by atoms with E-state index in [1.54, 1.807) is 28.9 Å². The Morgan fingerprint density at radius 3 is 2.43 bits per heavy atom. The van der Waals surface area contributed by atoms with Crippen molar-refractivity contribution in [1.82, 2.24) is 19.7 Å². The van der Waals surface area contributed by atoms with E-state index in [2.05, 4.69) is 20.4 Å². The van der Waals surface area contributed by atoms with Gasteiger partial charge in [0, 0.05) is 28.9 Å². The second kappa shape index (κ2) is 7.79. The second-order valence-electron chi connectivity index (χ2n) is 6.36. The van der Waals surface area contributed by atoms with Gasteiger partial charge in [-0.3, -0.25) is 4.68 Å².